The summed E-state index contributed by atoms with van der Waals surface area (Å²) < 4.78 is 26.8. The normalized spacial score (nSPS) is 16.7. The van der Waals surface area contributed by atoms with Gasteiger partial charge in [-0.1, -0.05) is 41.9 Å². The van der Waals surface area contributed by atoms with Gasteiger partial charge in [-0.25, -0.2) is 13.8 Å². The predicted molar refractivity (Wildman–Crippen MR) is 110 cm³/mol. The summed E-state index contributed by atoms with van der Waals surface area (Å²) in [5.74, 6) is -0.442. The van der Waals surface area contributed by atoms with E-state index in [0.717, 1.165) is 11.3 Å². The standard InChI is InChI=1S/C20H22ClN3O3S/c1-15(16-5-3-2-4-6-16)22-23-20(25)17-11-13-24(14-12-17)28(26,27)19-9-7-18(21)8-10-19/h2-10,17H,11-14H2,1H3,(H,23,25)/b22-15-. The van der Waals surface area contributed by atoms with Gasteiger partial charge in [0.1, 0.15) is 0 Å². The minimum absolute atomic E-state index is 0.182. The Morgan fingerprint density at radius 3 is 2.29 bits per heavy atom. The molecule has 148 valence electrons. The third-order valence-electron chi connectivity index (χ3n) is 4.80. The van der Waals surface area contributed by atoms with Gasteiger partial charge in [0.05, 0.1) is 10.6 Å². The molecule has 0 saturated carbocycles. The van der Waals surface area contributed by atoms with E-state index in [-0.39, 0.29) is 16.7 Å². The number of hydrazone groups is 1. The Morgan fingerprint density at radius 1 is 1.07 bits per heavy atom. The molecule has 1 saturated heterocycles. The number of nitrogens with zero attached hydrogens (tertiary/aromatic N) is 2. The molecule has 0 radical (unpaired) electrons. The Labute approximate surface area is 170 Å². The van der Waals surface area contributed by atoms with Crippen LogP contribution in [0.4, 0.5) is 0 Å². The van der Waals surface area contributed by atoms with E-state index < -0.39 is 10.0 Å². The highest BCUT2D eigenvalue weighted by molar-refractivity contribution is 7.89. The first kappa shape index (κ1) is 20.5. The molecule has 0 aromatic heterocycles. The maximum atomic E-state index is 12.7. The van der Waals surface area contributed by atoms with Crippen molar-refractivity contribution in [2.75, 3.05) is 13.1 Å². The molecule has 0 bridgehead atoms. The third-order valence-corrected chi connectivity index (χ3v) is 6.97. The minimum atomic E-state index is -3.57. The molecule has 1 N–H and O–H groups in total. The van der Waals surface area contributed by atoms with E-state index in [0.29, 0.717) is 31.0 Å². The van der Waals surface area contributed by atoms with Crippen molar-refractivity contribution in [3.05, 3.63) is 65.2 Å². The van der Waals surface area contributed by atoms with Crippen LogP contribution in [0.25, 0.3) is 0 Å². The van der Waals surface area contributed by atoms with Crippen molar-refractivity contribution in [2.24, 2.45) is 11.0 Å². The summed E-state index contributed by atoms with van der Waals surface area (Å²) in [5.41, 5.74) is 4.26. The summed E-state index contributed by atoms with van der Waals surface area (Å²) in [5, 5.41) is 4.65. The average Bonchev–Trinajstić information content (AvgIpc) is 2.73. The number of carbonyl (C=O) groups is 1. The van der Waals surface area contributed by atoms with Crippen molar-refractivity contribution in [1.82, 2.24) is 9.73 Å². The van der Waals surface area contributed by atoms with E-state index in [2.05, 4.69) is 10.5 Å². The highest BCUT2D eigenvalue weighted by atomic mass is 35.5. The second kappa shape index (κ2) is 8.86. The van der Waals surface area contributed by atoms with Gasteiger partial charge in [0.2, 0.25) is 15.9 Å². The molecule has 8 heteroatoms. The molecule has 0 atom stereocenters. The predicted octanol–water partition coefficient (Wildman–Crippen LogP) is 3.28. The van der Waals surface area contributed by atoms with E-state index in [9.17, 15) is 13.2 Å². The molecule has 1 heterocycles. The quantitative estimate of drug-likeness (QED) is 0.596. The van der Waals surface area contributed by atoms with Crippen LogP contribution in [0, 0.1) is 5.92 Å². The van der Waals surface area contributed by atoms with E-state index in [1.54, 1.807) is 12.1 Å². The first-order chi connectivity index (χ1) is 13.4. The number of nitrogens with one attached hydrogen (secondary N) is 1. The summed E-state index contributed by atoms with van der Waals surface area (Å²) >= 11 is 5.83. The largest absolute Gasteiger partial charge is 0.273 e. The number of piperidine rings is 1. The Balaban J connectivity index is 1.57. The second-order valence-corrected chi connectivity index (χ2v) is 9.05. The van der Waals surface area contributed by atoms with Gasteiger partial charge in [-0.05, 0) is 49.6 Å². The number of hydrogen-bond acceptors (Lipinski definition) is 4. The number of benzene rings is 2. The van der Waals surface area contributed by atoms with Crippen LogP contribution in [0.5, 0.6) is 0 Å². The Bertz CT molecular complexity index is 952. The van der Waals surface area contributed by atoms with Crippen LogP contribution in [-0.2, 0) is 14.8 Å². The van der Waals surface area contributed by atoms with Crippen molar-refractivity contribution in [1.29, 1.82) is 0 Å². The number of carbonyl (C=O) groups excluding carboxylic acids is 1. The summed E-state index contributed by atoms with van der Waals surface area (Å²) in [6.07, 6.45) is 0.914. The molecule has 0 spiro atoms. The topological polar surface area (TPSA) is 78.8 Å². The summed E-state index contributed by atoms with van der Waals surface area (Å²) in [7, 11) is -3.57. The van der Waals surface area contributed by atoms with Gasteiger partial charge in [-0.3, -0.25) is 4.79 Å². The number of halogens is 1. The van der Waals surface area contributed by atoms with Gasteiger partial charge >= 0.3 is 0 Å². The van der Waals surface area contributed by atoms with E-state index >= 15 is 0 Å². The minimum Gasteiger partial charge on any atom is -0.273 e. The first-order valence-corrected chi connectivity index (χ1v) is 10.8. The zero-order chi connectivity index (χ0) is 20.1. The van der Waals surface area contributed by atoms with Crippen LogP contribution in [0.15, 0.2) is 64.6 Å². The molecule has 1 amide bonds. The maximum absolute atomic E-state index is 12.7. The highest BCUT2D eigenvalue weighted by Crippen LogP contribution is 2.24. The van der Waals surface area contributed by atoms with E-state index in [4.69, 9.17) is 11.6 Å². The number of amides is 1. The molecule has 0 unspecified atom stereocenters. The fraction of sp³-hybridized carbons (Fsp3) is 0.300. The van der Waals surface area contributed by atoms with Crippen molar-refractivity contribution in [3.8, 4) is 0 Å². The van der Waals surface area contributed by atoms with Crippen molar-refractivity contribution >= 4 is 33.2 Å². The molecule has 1 fully saturated rings. The smallest absolute Gasteiger partial charge is 0.243 e. The van der Waals surface area contributed by atoms with Crippen LogP contribution in [0.3, 0.4) is 0 Å². The lowest BCUT2D eigenvalue weighted by Gasteiger charge is -2.30. The average molecular weight is 420 g/mol. The first-order valence-electron chi connectivity index (χ1n) is 9.03. The number of rotatable bonds is 5. The van der Waals surface area contributed by atoms with Crippen molar-refractivity contribution in [2.45, 2.75) is 24.7 Å². The van der Waals surface area contributed by atoms with Crippen molar-refractivity contribution in [3.63, 3.8) is 0 Å². The van der Waals surface area contributed by atoms with Crippen LogP contribution < -0.4 is 5.43 Å². The molecule has 3 rings (SSSR count). The molecular formula is C20H22ClN3O3S. The lowest BCUT2D eigenvalue weighted by atomic mass is 9.98. The molecule has 0 aliphatic carbocycles. The van der Waals surface area contributed by atoms with Crippen LogP contribution in [0.1, 0.15) is 25.3 Å². The Hall–Kier alpha value is -2.22. The summed E-state index contributed by atoms with van der Waals surface area (Å²) in [6.45, 7) is 2.42. The Morgan fingerprint density at radius 2 is 1.68 bits per heavy atom. The van der Waals surface area contributed by atoms with Crippen LogP contribution in [-0.4, -0.2) is 37.4 Å². The SMILES string of the molecule is C/C(=N/NC(=O)C1CCN(S(=O)(=O)c2ccc(Cl)cc2)CC1)c1ccccc1. The zero-order valence-electron chi connectivity index (χ0n) is 15.5. The van der Waals surface area contributed by atoms with E-state index in [1.165, 1.54) is 16.4 Å². The third kappa shape index (κ3) is 4.79. The highest BCUT2D eigenvalue weighted by Gasteiger charge is 2.32. The monoisotopic (exact) mass is 419 g/mol. The molecule has 2 aromatic rings. The van der Waals surface area contributed by atoms with E-state index in [1.807, 2.05) is 37.3 Å². The molecular weight excluding hydrogens is 398 g/mol. The maximum Gasteiger partial charge on any atom is 0.243 e. The zero-order valence-corrected chi connectivity index (χ0v) is 17.1. The molecule has 28 heavy (non-hydrogen) atoms. The summed E-state index contributed by atoms with van der Waals surface area (Å²) in [6, 6.07) is 15.7. The van der Waals surface area contributed by atoms with Gasteiger partial charge in [0.15, 0.2) is 0 Å². The van der Waals surface area contributed by atoms with Gasteiger partial charge in [0.25, 0.3) is 0 Å². The number of hydrogen-bond donors (Lipinski definition) is 1. The summed E-state index contributed by atoms with van der Waals surface area (Å²) in [4.78, 5) is 12.6. The van der Waals surface area contributed by atoms with Gasteiger partial charge in [-0.2, -0.15) is 9.41 Å². The fourth-order valence-corrected chi connectivity index (χ4v) is 4.68. The number of sulfonamides is 1. The van der Waals surface area contributed by atoms with Crippen LogP contribution >= 0.6 is 11.6 Å². The molecule has 1 aliphatic heterocycles. The van der Waals surface area contributed by atoms with Gasteiger partial charge in [0, 0.05) is 24.0 Å². The second-order valence-electron chi connectivity index (χ2n) is 6.67. The Kier molecular flexibility index (Phi) is 6.49. The lowest BCUT2D eigenvalue weighted by Crippen LogP contribution is -2.42. The van der Waals surface area contributed by atoms with Gasteiger partial charge in [-0.15, -0.1) is 0 Å². The van der Waals surface area contributed by atoms with Crippen molar-refractivity contribution < 1.29 is 13.2 Å². The molecule has 2 aromatic carbocycles. The fourth-order valence-electron chi connectivity index (χ4n) is 3.09. The molecule has 1 aliphatic rings. The van der Waals surface area contributed by atoms with Crippen LogP contribution in [0.2, 0.25) is 5.02 Å². The van der Waals surface area contributed by atoms with Gasteiger partial charge < -0.3 is 0 Å². The lowest BCUT2D eigenvalue weighted by molar-refractivity contribution is -0.126. The molecule has 6 nitrogen and oxygen atoms in total.